The molecule has 27 heavy (non-hydrogen) atoms. The minimum atomic E-state index is -0.0639. The Morgan fingerprint density at radius 3 is 2.52 bits per heavy atom. The highest BCUT2D eigenvalue weighted by atomic mass is 16.5. The summed E-state index contributed by atoms with van der Waals surface area (Å²) in [6.07, 6.45) is 1.16. The normalized spacial score (nSPS) is 13.3. The van der Waals surface area contributed by atoms with E-state index in [9.17, 15) is 9.59 Å². The van der Waals surface area contributed by atoms with Crippen molar-refractivity contribution in [3.05, 3.63) is 59.2 Å². The predicted molar refractivity (Wildman–Crippen MR) is 106 cm³/mol. The number of anilines is 1. The van der Waals surface area contributed by atoms with E-state index in [4.69, 9.17) is 4.74 Å². The van der Waals surface area contributed by atoms with Gasteiger partial charge < -0.3 is 15.0 Å². The zero-order valence-corrected chi connectivity index (χ0v) is 16.1. The molecule has 0 radical (unpaired) electrons. The van der Waals surface area contributed by atoms with Crippen molar-refractivity contribution in [2.24, 2.45) is 5.92 Å². The molecule has 1 N–H and O–H groups in total. The fourth-order valence-electron chi connectivity index (χ4n) is 3.32. The van der Waals surface area contributed by atoms with Crippen LogP contribution in [0.1, 0.15) is 30.5 Å². The van der Waals surface area contributed by atoms with Crippen LogP contribution in [-0.4, -0.2) is 30.4 Å². The maximum atomic E-state index is 12.4. The Kier molecular flexibility index (Phi) is 5.79. The number of carbonyl (C=O) groups is 2. The molecule has 1 heterocycles. The lowest BCUT2D eigenvalue weighted by Crippen LogP contribution is -2.38. The number of hydrogen-bond acceptors (Lipinski definition) is 3. The SMILES string of the molecule is COc1ccc(CC(=O)Nc2ccc3c(c2)CN(C(=O)C(C)C)CC3)cc1. The van der Waals surface area contributed by atoms with Crippen LogP contribution >= 0.6 is 0 Å². The summed E-state index contributed by atoms with van der Waals surface area (Å²) in [5.74, 6) is 0.883. The second-order valence-electron chi connectivity index (χ2n) is 7.22. The Hall–Kier alpha value is -2.82. The van der Waals surface area contributed by atoms with Crippen LogP contribution in [0.4, 0.5) is 5.69 Å². The monoisotopic (exact) mass is 366 g/mol. The highest BCUT2D eigenvalue weighted by molar-refractivity contribution is 5.92. The van der Waals surface area contributed by atoms with Crippen molar-refractivity contribution in [3.8, 4) is 5.75 Å². The molecule has 2 amide bonds. The van der Waals surface area contributed by atoms with Crippen molar-refractivity contribution >= 4 is 17.5 Å². The van der Waals surface area contributed by atoms with Crippen molar-refractivity contribution in [1.82, 2.24) is 4.90 Å². The number of fused-ring (bicyclic) bond motifs is 1. The van der Waals surface area contributed by atoms with E-state index in [1.807, 2.05) is 55.1 Å². The fourth-order valence-corrected chi connectivity index (χ4v) is 3.32. The standard InChI is InChI=1S/C22H26N2O3/c1-15(2)22(26)24-11-10-17-6-7-19(13-18(17)14-24)23-21(25)12-16-4-8-20(27-3)9-5-16/h4-9,13,15H,10-12,14H2,1-3H3,(H,23,25). The molecular weight excluding hydrogens is 340 g/mol. The predicted octanol–water partition coefficient (Wildman–Crippen LogP) is 3.42. The van der Waals surface area contributed by atoms with Crippen LogP contribution in [-0.2, 0) is 29.0 Å². The topological polar surface area (TPSA) is 58.6 Å². The smallest absolute Gasteiger partial charge is 0.228 e. The van der Waals surface area contributed by atoms with Gasteiger partial charge in [-0.1, -0.05) is 32.0 Å². The Bertz CT molecular complexity index is 828. The van der Waals surface area contributed by atoms with E-state index in [0.29, 0.717) is 13.0 Å². The molecule has 1 aliphatic rings. The van der Waals surface area contributed by atoms with Crippen LogP contribution in [0.25, 0.3) is 0 Å². The first-order valence-electron chi connectivity index (χ1n) is 9.29. The lowest BCUT2D eigenvalue weighted by molar-refractivity contribution is -0.135. The summed E-state index contributed by atoms with van der Waals surface area (Å²) in [4.78, 5) is 26.5. The second-order valence-corrected chi connectivity index (χ2v) is 7.22. The average molecular weight is 366 g/mol. The van der Waals surface area contributed by atoms with Gasteiger partial charge in [0.25, 0.3) is 0 Å². The molecule has 0 saturated carbocycles. The van der Waals surface area contributed by atoms with Crippen LogP contribution in [0.15, 0.2) is 42.5 Å². The van der Waals surface area contributed by atoms with Gasteiger partial charge in [-0.15, -0.1) is 0 Å². The van der Waals surface area contributed by atoms with E-state index >= 15 is 0 Å². The Labute approximate surface area is 160 Å². The van der Waals surface area contributed by atoms with Crippen LogP contribution in [0.5, 0.6) is 5.75 Å². The van der Waals surface area contributed by atoms with Crippen molar-refractivity contribution in [3.63, 3.8) is 0 Å². The molecule has 1 aliphatic heterocycles. The molecule has 5 nitrogen and oxygen atoms in total. The number of methoxy groups -OCH3 is 1. The number of rotatable bonds is 5. The molecule has 5 heteroatoms. The van der Waals surface area contributed by atoms with E-state index in [0.717, 1.165) is 35.5 Å². The fraction of sp³-hybridized carbons (Fsp3) is 0.364. The number of nitrogens with zero attached hydrogens (tertiary/aromatic N) is 1. The van der Waals surface area contributed by atoms with Gasteiger partial charge in [-0.2, -0.15) is 0 Å². The summed E-state index contributed by atoms with van der Waals surface area (Å²) in [5, 5.41) is 2.96. The number of nitrogens with one attached hydrogen (secondary N) is 1. The van der Waals surface area contributed by atoms with Gasteiger partial charge >= 0.3 is 0 Å². The third-order valence-corrected chi connectivity index (χ3v) is 4.83. The van der Waals surface area contributed by atoms with Crippen LogP contribution < -0.4 is 10.1 Å². The number of ether oxygens (including phenoxy) is 1. The molecule has 2 aromatic carbocycles. The number of hydrogen-bond donors (Lipinski definition) is 1. The van der Waals surface area contributed by atoms with E-state index in [1.54, 1.807) is 7.11 Å². The largest absolute Gasteiger partial charge is 0.497 e. The van der Waals surface area contributed by atoms with Crippen LogP contribution in [0.2, 0.25) is 0 Å². The van der Waals surface area contributed by atoms with Crippen molar-refractivity contribution in [2.75, 3.05) is 19.0 Å². The minimum absolute atomic E-state index is 0.000989. The summed E-state index contributed by atoms with van der Waals surface area (Å²) in [7, 11) is 1.62. The summed E-state index contributed by atoms with van der Waals surface area (Å²) in [5.41, 5.74) is 4.06. The van der Waals surface area contributed by atoms with Gasteiger partial charge in [0.05, 0.1) is 13.5 Å². The van der Waals surface area contributed by atoms with Gasteiger partial charge in [0.15, 0.2) is 0 Å². The van der Waals surface area contributed by atoms with Gasteiger partial charge in [-0.05, 0) is 47.4 Å². The third-order valence-electron chi connectivity index (χ3n) is 4.83. The van der Waals surface area contributed by atoms with Gasteiger partial charge in [0.2, 0.25) is 11.8 Å². The van der Waals surface area contributed by atoms with Gasteiger partial charge in [0, 0.05) is 24.7 Å². The zero-order valence-electron chi connectivity index (χ0n) is 16.1. The van der Waals surface area contributed by atoms with E-state index in [1.165, 1.54) is 5.56 Å². The van der Waals surface area contributed by atoms with Crippen molar-refractivity contribution in [2.45, 2.75) is 33.2 Å². The number of benzene rings is 2. The molecule has 142 valence electrons. The quantitative estimate of drug-likeness (QED) is 0.882. The first-order chi connectivity index (χ1) is 13.0. The number of amides is 2. The van der Waals surface area contributed by atoms with E-state index in [-0.39, 0.29) is 17.7 Å². The number of carbonyl (C=O) groups excluding carboxylic acids is 2. The molecule has 0 bridgehead atoms. The molecule has 0 fully saturated rings. The highest BCUT2D eigenvalue weighted by Crippen LogP contribution is 2.24. The molecule has 0 aliphatic carbocycles. The lowest BCUT2D eigenvalue weighted by atomic mass is 9.98. The van der Waals surface area contributed by atoms with Gasteiger partial charge in [0.1, 0.15) is 5.75 Å². The molecule has 2 aromatic rings. The molecule has 0 atom stereocenters. The first-order valence-corrected chi connectivity index (χ1v) is 9.29. The van der Waals surface area contributed by atoms with Gasteiger partial charge in [-0.3, -0.25) is 9.59 Å². The summed E-state index contributed by atoms with van der Waals surface area (Å²) < 4.78 is 5.13. The summed E-state index contributed by atoms with van der Waals surface area (Å²) in [6.45, 7) is 5.21. The average Bonchev–Trinajstić information content (AvgIpc) is 2.67. The summed E-state index contributed by atoms with van der Waals surface area (Å²) in [6, 6.07) is 13.5. The van der Waals surface area contributed by atoms with Crippen molar-refractivity contribution < 1.29 is 14.3 Å². The third kappa shape index (κ3) is 4.67. The first kappa shape index (κ1) is 19.0. The summed E-state index contributed by atoms with van der Waals surface area (Å²) >= 11 is 0. The maximum Gasteiger partial charge on any atom is 0.228 e. The second kappa shape index (κ2) is 8.25. The Balaban J connectivity index is 1.65. The Morgan fingerprint density at radius 1 is 1.11 bits per heavy atom. The van der Waals surface area contributed by atoms with Crippen LogP contribution in [0, 0.1) is 5.92 Å². The van der Waals surface area contributed by atoms with E-state index < -0.39 is 0 Å². The van der Waals surface area contributed by atoms with E-state index in [2.05, 4.69) is 11.4 Å². The molecule has 3 rings (SSSR count). The maximum absolute atomic E-state index is 12.4. The zero-order chi connectivity index (χ0) is 19.4. The molecule has 0 unspecified atom stereocenters. The minimum Gasteiger partial charge on any atom is -0.497 e. The molecule has 0 aromatic heterocycles. The van der Waals surface area contributed by atoms with Crippen molar-refractivity contribution in [1.29, 1.82) is 0 Å². The molecule has 0 spiro atoms. The highest BCUT2D eigenvalue weighted by Gasteiger charge is 2.22. The van der Waals surface area contributed by atoms with Gasteiger partial charge in [-0.25, -0.2) is 0 Å². The molecule has 0 saturated heterocycles. The van der Waals surface area contributed by atoms with Crippen LogP contribution in [0.3, 0.4) is 0 Å². The molecular formula is C22H26N2O3. The lowest BCUT2D eigenvalue weighted by Gasteiger charge is -2.30. The Morgan fingerprint density at radius 2 is 1.85 bits per heavy atom.